The molecule has 0 atom stereocenters. The standard InChI is InChI=1S/C15H19N3O4/c1-2-22-13-5-3-12(4-6-13)16-14(20)15(21)18-9-7-17(11-19)8-10-18/h3-6,11H,2,7-10H2,1H3,(H,16,20). The molecule has 22 heavy (non-hydrogen) atoms. The van der Waals surface area contributed by atoms with E-state index >= 15 is 0 Å². The van der Waals surface area contributed by atoms with Crippen LogP contribution in [0.5, 0.6) is 5.75 Å². The van der Waals surface area contributed by atoms with Crippen LogP contribution >= 0.6 is 0 Å². The number of carbonyl (C=O) groups is 3. The predicted molar refractivity (Wildman–Crippen MR) is 80.5 cm³/mol. The molecule has 0 radical (unpaired) electrons. The van der Waals surface area contributed by atoms with Gasteiger partial charge in [0.1, 0.15) is 5.75 Å². The van der Waals surface area contributed by atoms with Crippen LogP contribution < -0.4 is 10.1 Å². The molecule has 0 unspecified atom stereocenters. The Balaban J connectivity index is 1.88. The molecule has 1 fully saturated rings. The number of benzene rings is 1. The van der Waals surface area contributed by atoms with Gasteiger partial charge in [0.2, 0.25) is 6.41 Å². The quantitative estimate of drug-likeness (QED) is 0.642. The Labute approximate surface area is 128 Å². The second-order valence-corrected chi connectivity index (χ2v) is 4.85. The van der Waals surface area contributed by atoms with Crippen molar-refractivity contribution in [3.63, 3.8) is 0 Å². The van der Waals surface area contributed by atoms with E-state index in [0.717, 1.165) is 6.41 Å². The molecule has 1 aliphatic heterocycles. The molecule has 3 amide bonds. The molecule has 0 spiro atoms. The summed E-state index contributed by atoms with van der Waals surface area (Å²) >= 11 is 0. The van der Waals surface area contributed by atoms with Gasteiger partial charge in [-0.1, -0.05) is 0 Å². The van der Waals surface area contributed by atoms with Gasteiger partial charge in [0.25, 0.3) is 0 Å². The van der Waals surface area contributed by atoms with Crippen molar-refractivity contribution in [2.45, 2.75) is 6.92 Å². The molecule has 1 aliphatic rings. The van der Waals surface area contributed by atoms with Crippen molar-refractivity contribution >= 4 is 23.9 Å². The Bertz CT molecular complexity index is 536. The summed E-state index contributed by atoms with van der Waals surface area (Å²) in [6, 6.07) is 6.82. The van der Waals surface area contributed by atoms with Crippen molar-refractivity contribution in [2.24, 2.45) is 0 Å². The number of rotatable bonds is 4. The molecule has 118 valence electrons. The first-order chi connectivity index (χ1) is 10.6. The third-order valence-electron chi connectivity index (χ3n) is 3.37. The summed E-state index contributed by atoms with van der Waals surface area (Å²) in [5.74, 6) is -0.556. The maximum absolute atomic E-state index is 12.0. The van der Waals surface area contributed by atoms with E-state index in [4.69, 9.17) is 4.74 Å². The smallest absolute Gasteiger partial charge is 0.313 e. The highest BCUT2D eigenvalue weighted by Gasteiger charge is 2.25. The van der Waals surface area contributed by atoms with Crippen molar-refractivity contribution < 1.29 is 19.1 Å². The number of nitrogens with zero attached hydrogens (tertiary/aromatic N) is 2. The number of hydrogen-bond acceptors (Lipinski definition) is 4. The number of nitrogens with one attached hydrogen (secondary N) is 1. The highest BCUT2D eigenvalue weighted by molar-refractivity contribution is 6.39. The molecule has 1 aromatic carbocycles. The fraction of sp³-hybridized carbons (Fsp3) is 0.400. The zero-order valence-corrected chi connectivity index (χ0v) is 12.4. The van der Waals surface area contributed by atoms with Gasteiger partial charge in [0, 0.05) is 31.9 Å². The van der Waals surface area contributed by atoms with E-state index in [1.807, 2.05) is 6.92 Å². The first kappa shape index (κ1) is 15.8. The Morgan fingerprint density at radius 1 is 1.18 bits per heavy atom. The summed E-state index contributed by atoms with van der Waals surface area (Å²) in [5, 5.41) is 2.56. The fourth-order valence-electron chi connectivity index (χ4n) is 2.16. The van der Waals surface area contributed by atoms with Gasteiger partial charge >= 0.3 is 11.8 Å². The highest BCUT2D eigenvalue weighted by Crippen LogP contribution is 2.15. The Kier molecular flexibility index (Phi) is 5.35. The molecule has 0 aliphatic carbocycles. The van der Waals surface area contributed by atoms with E-state index in [9.17, 15) is 14.4 Å². The van der Waals surface area contributed by atoms with Gasteiger partial charge in [-0.25, -0.2) is 0 Å². The molecule has 2 rings (SSSR count). The number of carbonyl (C=O) groups excluding carboxylic acids is 3. The maximum atomic E-state index is 12.0. The van der Waals surface area contributed by atoms with Gasteiger partial charge in [0.15, 0.2) is 0 Å². The molecule has 7 heteroatoms. The van der Waals surface area contributed by atoms with E-state index in [1.165, 1.54) is 4.90 Å². The van der Waals surface area contributed by atoms with Gasteiger partial charge in [-0.15, -0.1) is 0 Å². The number of hydrogen-bond donors (Lipinski definition) is 1. The summed E-state index contributed by atoms with van der Waals surface area (Å²) < 4.78 is 5.31. The largest absolute Gasteiger partial charge is 0.494 e. The molecule has 1 N–H and O–H groups in total. The minimum absolute atomic E-state index is 0.369. The van der Waals surface area contributed by atoms with Crippen LogP contribution in [0.2, 0.25) is 0 Å². The Morgan fingerprint density at radius 2 is 1.82 bits per heavy atom. The lowest BCUT2D eigenvalue weighted by Gasteiger charge is -2.31. The van der Waals surface area contributed by atoms with Crippen molar-refractivity contribution in [3.8, 4) is 5.75 Å². The van der Waals surface area contributed by atoms with Gasteiger partial charge in [-0.3, -0.25) is 14.4 Å². The van der Waals surface area contributed by atoms with Crippen LogP contribution in [0.25, 0.3) is 0 Å². The second kappa shape index (κ2) is 7.44. The average molecular weight is 305 g/mol. The summed E-state index contributed by atoms with van der Waals surface area (Å²) in [5.41, 5.74) is 0.535. The monoisotopic (exact) mass is 305 g/mol. The van der Waals surface area contributed by atoms with Crippen LogP contribution in [-0.2, 0) is 14.4 Å². The third-order valence-corrected chi connectivity index (χ3v) is 3.37. The fourth-order valence-corrected chi connectivity index (χ4v) is 2.16. The highest BCUT2D eigenvalue weighted by atomic mass is 16.5. The Morgan fingerprint density at radius 3 is 2.36 bits per heavy atom. The summed E-state index contributed by atoms with van der Waals surface area (Å²) in [6.07, 6.45) is 0.752. The topological polar surface area (TPSA) is 79.0 Å². The van der Waals surface area contributed by atoms with Crippen LogP contribution in [0.3, 0.4) is 0 Å². The Hall–Kier alpha value is -2.57. The zero-order chi connectivity index (χ0) is 15.9. The van der Waals surface area contributed by atoms with Crippen molar-refractivity contribution in [1.82, 2.24) is 9.80 Å². The van der Waals surface area contributed by atoms with E-state index in [1.54, 1.807) is 29.2 Å². The molecule has 1 aromatic rings. The van der Waals surface area contributed by atoms with Crippen molar-refractivity contribution in [1.29, 1.82) is 0 Å². The maximum Gasteiger partial charge on any atom is 0.313 e. The lowest BCUT2D eigenvalue weighted by molar-refractivity contribution is -0.144. The number of ether oxygens (including phenoxy) is 1. The van der Waals surface area contributed by atoms with Gasteiger partial charge in [-0.05, 0) is 31.2 Å². The van der Waals surface area contributed by atoms with E-state index < -0.39 is 11.8 Å². The number of amides is 3. The molecule has 0 saturated carbocycles. The van der Waals surface area contributed by atoms with E-state index in [-0.39, 0.29) is 0 Å². The van der Waals surface area contributed by atoms with Gasteiger partial charge < -0.3 is 19.9 Å². The third kappa shape index (κ3) is 3.97. The molecule has 0 aromatic heterocycles. The van der Waals surface area contributed by atoms with Crippen LogP contribution in [0.1, 0.15) is 6.92 Å². The minimum atomic E-state index is -0.677. The molecule has 7 nitrogen and oxygen atoms in total. The molecule has 0 bridgehead atoms. The first-order valence-corrected chi connectivity index (χ1v) is 7.16. The molecular weight excluding hydrogens is 286 g/mol. The number of piperazine rings is 1. The molecule has 1 heterocycles. The summed E-state index contributed by atoms with van der Waals surface area (Å²) in [6.45, 7) is 4.09. The summed E-state index contributed by atoms with van der Waals surface area (Å²) in [7, 11) is 0. The van der Waals surface area contributed by atoms with Crippen LogP contribution in [0, 0.1) is 0 Å². The normalized spacial score (nSPS) is 14.4. The van der Waals surface area contributed by atoms with Gasteiger partial charge in [-0.2, -0.15) is 0 Å². The molecular formula is C15H19N3O4. The van der Waals surface area contributed by atoms with Gasteiger partial charge in [0.05, 0.1) is 6.61 Å². The first-order valence-electron chi connectivity index (χ1n) is 7.16. The van der Waals surface area contributed by atoms with Crippen LogP contribution in [0.4, 0.5) is 5.69 Å². The number of anilines is 1. The zero-order valence-electron chi connectivity index (χ0n) is 12.4. The lowest BCUT2D eigenvalue weighted by Crippen LogP contribution is -2.51. The van der Waals surface area contributed by atoms with Crippen LogP contribution in [-0.4, -0.2) is 60.8 Å². The van der Waals surface area contributed by atoms with E-state index in [2.05, 4.69) is 5.32 Å². The van der Waals surface area contributed by atoms with Crippen molar-refractivity contribution in [2.75, 3.05) is 38.1 Å². The van der Waals surface area contributed by atoms with Crippen LogP contribution in [0.15, 0.2) is 24.3 Å². The summed E-state index contributed by atoms with van der Waals surface area (Å²) in [4.78, 5) is 37.7. The second-order valence-electron chi connectivity index (χ2n) is 4.85. The lowest BCUT2D eigenvalue weighted by atomic mass is 10.3. The average Bonchev–Trinajstić information content (AvgIpc) is 2.56. The molecule has 1 saturated heterocycles. The van der Waals surface area contributed by atoms with E-state index in [0.29, 0.717) is 44.2 Å². The van der Waals surface area contributed by atoms with Crippen molar-refractivity contribution in [3.05, 3.63) is 24.3 Å². The predicted octanol–water partition coefficient (Wildman–Crippen LogP) is 0.324. The SMILES string of the molecule is CCOc1ccc(NC(=O)C(=O)N2CCN(C=O)CC2)cc1. The minimum Gasteiger partial charge on any atom is -0.494 e.